The first kappa shape index (κ1) is 11.2. The highest BCUT2D eigenvalue weighted by atomic mass is 16.5. The van der Waals surface area contributed by atoms with Crippen LogP contribution < -0.4 is 0 Å². The Bertz CT molecular complexity index is 217. The van der Waals surface area contributed by atoms with Gasteiger partial charge in [-0.1, -0.05) is 18.9 Å². The molecule has 2 aliphatic rings. The molecule has 0 spiro atoms. The van der Waals surface area contributed by atoms with Crippen molar-refractivity contribution in [2.45, 2.75) is 63.6 Å². The Morgan fingerprint density at radius 2 is 2.07 bits per heavy atom. The summed E-state index contributed by atoms with van der Waals surface area (Å²) in [5.74, 6) is 0. The summed E-state index contributed by atoms with van der Waals surface area (Å²) in [5, 5.41) is 10.2. The van der Waals surface area contributed by atoms with Crippen LogP contribution in [0.25, 0.3) is 0 Å². The van der Waals surface area contributed by atoms with E-state index in [2.05, 4.69) is 6.08 Å². The number of ether oxygens (including phenoxy) is 1. The molecule has 0 saturated carbocycles. The molecule has 0 aromatic rings. The van der Waals surface area contributed by atoms with Gasteiger partial charge in [-0.3, -0.25) is 0 Å². The highest BCUT2D eigenvalue weighted by Gasteiger charge is 2.26. The van der Waals surface area contributed by atoms with E-state index in [9.17, 15) is 5.11 Å². The predicted octanol–water partition coefficient (Wildman–Crippen LogP) is 2.81. The lowest BCUT2D eigenvalue weighted by atomic mass is 9.93. The summed E-state index contributed by atoms with van der Waals surface area (Å²) < 4.78 is 5.55. The summed E-state index contributed by atoms with van der Waals surface area (Å²) in [4.78, 5) is 0. The lowest BCUT2D eigenvalue weighted by Gasteiger charge is -2.22. The molecule has 2 heteroatoms. The van der Waals surface area contributed by atoms with Crippen LogP contribution in [0.3, 0.4) is 0 Å². The first-order valence-corrected chi connectivity index (χ1v) is 6.36. The summed E-state index contributed by atoms with van der Waals surface area (Å²) in [5.41, 5.74) is 1.24. The van der Waals surface area contributed by atoms with Crippen molar-refractivity contribution in [3.8, 4) is 0 Å². The third-order valence-corrected chi connectivity index (χ3v) is 3.52. The van der Waals surface area contributed by atoms with Crippen LogP contribution >= 0.6 is 0 Å². The van der Waals surface area contributed by atoms with Crippen molar-refractivity contribution in [1.29, 1.82) is 0 Å². The van der Waals surface area contributed by atoms with Crippen molar-refractivity contribution >= 4 is 0 Å². The second-order valence-corrected chi connectivity index (χ2v) is 4.73. The molecule has 0 bridgehead atoms. The van der Waals surface area contributed by atoms with Crippen molar-refractivity contribution < 1.29 is 9.84 Å². The smallest absolute Gasteiger partial charge is 0.101 e. The highest BCUT2D eigenvalue weighted by molar-refractivity contribution is 5.11. The molecule has 0 amide bonds. The molecular weight excluding hydrogens is 188 g/mol. The summed E-state index contributed by atoms with van der Waals surface area (Å²) >= 11 is 0. The Morgan fingerprint density at radius 3 is 2.87 bits per heavy atom. The van der Waals surface area contributed by atoms with Crippen molar-refractivity contribution in [2.75, 3.05) is 6.61 Å². The van der Waals surface area contributed by atoms with Gasteiger partial charge in [-0.05, 0) is 44.1 Å². The van der Waals surface area contributed by atoms with Gasteiger partial charge in [-0.15, -0.1) is 0 Å². The fraction of sp³-hybridized carbons (Fsp3) is 0.846. The number of aliphatic hydroxyl groups excluding tert-OH is 1. The minimum atomic E-state index is -0.328. The van der Waals surface area contributed by atoms with Gasteiger partial charge in [0.15, 0.2) is 0 Å². The molecule has 2 rings (SSSR count). The molecule has 0 aromatic heterocycles. The molecule has 2 unspecified atom stereocenters. The Labute approximate surface area is 92.3 Å². The first-order valence-electron chi connectivity index (χ1n) is 6.36. The van der Waals surface area contributed by atoms with Crippen molar-refractivity contribution in [3.63, 3.8) is 0 Å². The molecule has 1 aliphatic carbocycles. The Morgan fingerprint density at radius 1 is 1.20 bits per heavy atom. The Kier molecular flexibility index (Phi) is 4.21. The van der Waals surface area contributed by atoms with E-state index >= 15 is 0 Å². The lowest BCUT2D eigenvalue weighted by molar-refractivity contribution is 0.0153. The van der Waals surface area contributed by atoms with E-state index in [0.29, 0.717) is 0 Å². The lowest BCUT2D eigenvalue weighted by Crippen LogP contribution is -2.27. The minimum absolute atomic E-state index is 0.0793. The monoisotopic (exact) mass is 210 g/mol. The van der Waals surface area contributed by atoms with Gasteiger partial charge in [-0.25, -0.2) is 0 Å². The molecule has 1 fully saturated rings. The van der Waals surface area contributed by atoms with Crippen molar-refractivity contribution in [2.24, 2.45) is 0 Å². The van der Waals surface area contributed by atoms with E-state index in [1.165, 1.54) is 31.3 Å². The minimum Gasteiger partial charge on any atom is -0.386 e. The quantitative estimate of drug-likeness (QED) is 0.710. The van der Waals surface area contributed by atoms with Gasteiger partial charge < -0.3 is 9.84 Å². The molecule has 1 saturated heterocycles. The van der Waals surface area contributed by atoms with Crippen LogP contribution in [0.15, 0.2) is 11.6 Å². The van der Waals surface area contributed by atoms with E-state index in [1.807, 2.05) is 0 Å². The van der Waals surface area contributed by atoms with E-state index in [4.69, 9.17) is 4.74 Å². The Balaban J connectivity index is 1.93. The first-order chi connectivity index (χ1) is 7.38. The zero-order valence-electron chi connectivity index (χ0n) is 9.45. The Hall–Kier alpha value is -0.340. The maximum absolute atomic E-state index is 10.2. The molecule has 1 heterocycles. The summed E-state index contributed by atoms with van der Waals surface area (Å²) in [7, 11) is 0. The summed E-state index contributed by atoms with van der Waals surface area (Å²) in [6, 6.07) is 0. The van der Waals surface area contributed by atoms with Crippen LogP contribution in [-0.4, -0.2) is 23.9 Å². The van der Waals surface area contributed by atoms with Gasteiger partial charge in [-0.2, -0.15) is 0 Å². The maximum Gasteiger partial charge on any atom is 0.101 e. The van der Waals surface area contributed by atoms with Crippen molar-refractivity contribution in [1.82, 2.24) is 0 Å². The SMILES string of the molecule is OC(C1=CCCCCCC1)C1CCCO1. The molecule has 1 N–H and O–H groups in total. The fourth-order valence-electron chi connectivity index (χ4n) is 2.58. The van der Waals surface area contributed by atoms with Crippen LogP contribution in [0.5, 0.6) is 0 Å². The molecule has 2 atom stereocenters. The standard InChI is InChI=1S/C13H22O2/c14-13(12-9-6-10-15-12)11-7-4-2-1-3-5-8-11/h7,12-14H,1-6,8-10H2. The van der Waals surface area contributed by atoms with Gasteiger partial charge >= 0.3 is 0 Å². The largest absolute Gasteiger partial charge is 0.386 e. The van der Waals surface area contributed by atoms with Crippen LogP contribution in [0, 0.1) is 0 Å². The van der Waals surface area contributed by atoms with Crippen LogP contribution in [0.2, 0.25) is 0 Å². The van der Waals surface area contributed by atoms with E-state index < -0.39 is 0 Å². The topological polar surface area (TPSA) is 29.5 Å². The normalized spacial score (nSPS) is 30.5. The second-order valence-electron chi connectivity index (χ2n) is 4.73. The fourth-order valence-corrected chi connectivity index (χ4v) is 2.58. The van der Waals surface area contributed by atoms with Gasteiger partial charge in [0.25, 0.3) is 0 Å². The van der Waals surface area contributed by atoms with Gasteiger partial charge in [0.05, 0.1) is 6.10 Å². The van der Waals surface area contributed by atoms with Crippen molar-refractivity contribution in [3.05, 3.63) is 11.6 Å². The third-order valence-electron chi connectivity index (χ3n) is 3.52. The molecule has 1 aliphatic heterocycles. The number of allylic oxidation sites excluding steroid dienone is 1. The number of hydrogen-bond acceptors (Lipinski definition) is 2. The van der Waals surface area contributed by atoms with E-state index in [1.54, 1.807) is 0 Å². The van der Waals surface area contributed by atoms with E-state index in [-0.39, 0.29) is 12.2 Å². The summed E-state index contributed by atoms with van der Waals surface area (Å²) in [6.07, 6.45) is 11.5. The van der Waals surface area contributed by atoms with Gasteiger partial charge in [0.1, 0.15) is 6.10 Å². The zero-order valence-corrected chi connectivity index (χ0v) is 9.45. The predicted molar refractivity (Wildman–Crippen MR) is 60.8 cm³/mol. The molecule has 0 radical (unpaired) electrons. The van der Waals surface area contributed by atoms with E-state index in [0.717, 1.165) is 32.3 Å². The second kappa shape index (κ2) is 5.66. The molecule has 2 nitrogen and oxygen atoms in total. The van der Waals surface area contributed by atoms with Crippen LogP contribution in [0.1, 0.15) is 51.4 Å². The number of hydrogen-bond donors (Lipinski definition) is 1. The van der Waals surface area contributed by atoms with Gasteiger partial charge in [0, 0.05) is 6.61 Å². The zero-order chi connectivity index (χ0) is 10.5. The molecule has 0 aromatic carbocycles. The summed E-state index contributed by atoms with van der Waals surface area (Å²) in [6.45, 7) is 0.828. The molecular formula is C13H22O2. The van der Waals surface area contributed by atoms with Gasteiger partial charge in [0.2, 0.25) is 0 Å². The third kappa shape index (κ3) is 3.05. The maximum atomic E-state index is 10.2. The average Bonchev–Trinajstić information content (AvgIpc) is 2.68. The molecule has 86 valence electrons. The molecule has 15 heavy (non-hydrogen) atoms. The van der Waals surface area contributed by atoms with Crippen LogP contribution in [0.4, 0.5) is 0 Å². The highest BCUT2D eigenvalue weighted by Crippen LogP contribution is 2.26. The number of rotatable bonds is 2. The number of aliphatic hydroxyl groups is 1. The van der Waals surface area contributed by atoms with Crippen LogP contribution in [-0.2, 0) is 4.74 Å². The average molecular weight is 210 g/mol.